The molecule has 0 radical (unpaired) electrons. The lowest BCUT2D eigenvalue weighted by atomic mass is 9.97. The van der Waals surface area contributed by atoms with Gasteiger partial charge in [0.25, 0.3) is 11.8 Å². The third-order valence-corrected chi connectivity index (χ3v) is 7.09. The summed E-state index contributed by atoms with van der Waals surface area (Å²) in [5, 5.41) is 5.90. The number of hydrogen-bond donors (Lipinski definition) is 2. The maximum atomic E-state index is 13.0. The third kappa shape index (κ3) is 6.13. The number of rotatable bonds is 6. The third-order valence-electron chi connectivity index (χ3n) is 6.56. The zero-order valence-electron chi connectivity index (χ0n) is 21.0. The molecule has 1 aliphatic heterocycles. The Morgan fingerprint density at radius 2 is 1.29 bits per heavy atom. The monoisotopic (exact) mass is 569 g/mol. The molecule has 2 amide bonds. The van der Waals surface area contributed by atoms with Gasteiger partial charge in [0, 0.05) is 45.8 Å². The minimum Gasteiger partial charge on any atom is -0.378 e. The Hall–Kier alpha value is -3.94. The molecular weight excluding hydrogens is 542 g/mol. The molecule has 4 aromatic carbocycles. The number of ether oxygens (including phenoxy) is 1. The number of aryl methyl sites for hydroxylation is 1. The Bertz CT molecular complexity index is 1430. The molecule has 6 nitrogen and oxygen atoms in total. The Morgan fingerprint density at radius 1 is 0.737 bits per heavy atom. The van der Waals surface area contributed by atoms with Crippen molar-refractivity contribution in [2.24, 2.45) is 0 Å². The molecule has 1 fully saturated rings. The van der Waals surface area contributed by atoms with Gasteiger partial charge in [-0.1, -0.05) is 34.1 Å². The molecule has 38 heavy (non-hydrogen) atoms. The summed E-state index contributed by atoms with van der Waals surface area (Å²) in [5.41, 5.74) is 6.65. The average molecular weight is 570 g/mol. The summed E-state index contributed by atoms with van der Waals surface area (Å²) in [6.07, 6.45) is 0. The van der Waals surface area contributed by atoms with E-state index in [4.69, 9.17) is 4.74 Å². The fraction of sp³-hybridized carbons (Fsp3) is 0.161. The molecule has 1 saturated heterocycles. The van der Waals surface area contributed by atoms with Crippen molar-refractivity contribution >= 4 is 44.8 Å². The maximum Gasteiger partial charge on any atom is 0.255 e. The smallest absolute Gasteiger partial charge is 0.255 e. The quantitative estimate of drug-likeness (QED) is 0.269. The number of nitrogens with zero attached hydrogens (tertiary/aromatic N) is 1. The lowest BCUT2D eigenvalue weighted by Crippen LogP contribution is -2.36. The van der Waals surface area contributed by atoms with Crippen LogP contribution in [0.2, 0.25) is 0 Å². The highest BCUT2D eigenvalue weighted by molar-refractivity contribution is 9.10. The molecule has 0 unspecified atom stereocenters. The van der Waals surface area contributed by atoms with Gasteiger partial charge >= 0.3 is 0 Å². The average Bonchev–Trinajstić information content (AvgIpc) is 2.95. The standard InChI is InChI=1S/C31H28BrN3O3/c1-21-2-3-24(31(37)34-27-12-14-28(15-13-27)35-16-18-38-19-17-35)20-29(21)22-4-6-23(7-5-22)30(36)33-26-10-8-25(32)9-11-26/h2-15,20H,16-19H2,1H3,(H,33,36)(H,34,37). The Kier molecular flexibility index (Phi) is 7.86. The minimum atomic E-state index is -0.177. The fourth-order valence-corrected chi connectivity index (χ4v) is 4.66. The number of amides is 2. The van der Waals surface area contributed by atoms with Crippen LogP contribution in [0.3, 0.4) is 0 Å². The van der Waals surface area contributed by atoms with Crippen LogP contribution in [0.4, 0.5) is 17.1 Å². The van der Waals surface area contributed by atoms with Crippen LogP contribution in [0, 0.1) is 6.92 Å². The first-order valence-corrected chi connectivity index (χ1v) is 13.3. The molecule has 7 heteroatoms. The Morgan fingerprint density at radius 3 is 1.92 bits per heavy atom. The zero-order chi connectivity index (χ0) is 26.5. The van der Waals surface area contributed by atoms with Crippen molar-refractivity contribution in [3.05, 3.63) is 112 Å². The van der Waals surface area contributed by atoms with Gasteiger partial charge in [-0.15, -0.1) is 0 Å². The van der Waals surface area contributed by atoms with Crippen molar-refractivity contribution in [3.63, 3.8) is 0 Å². The van der Waals surface area contributed by atoms with E-state index in [0.29, 0.717) is 11.1 Å². The highest BCUT2D eigenvalue weighted by atomic mass is 79.9. The highest BCUT2D eigenvalue weighted by Crippen LogP contribution is 2.26. The lowest BCUT2D eigenvalue weighted by molar-refractivity contribution is 0.101. The normalized spacial score (nSPS) is 13.2. The summed E-state index contributed by atoms with van der Waals surface area (Å²) in [6, 6.07) is 28.4. The summed E-state index contributed by atoms with van der Waals surface area (Å²) in [4.78, 5) is 28.0. The summed E-state index contributed by atoms with van der Waals surface area (Å²) in [5.74, 6) is -0.348. The summed E-state index contributed by atoms with van der Waals surface area (Å²) >= 11 is 3.40. The van der Waals surface area contributed by atoms with Crippen molar-refractivity contribution in [2.75, 3.05) is 41.8 Å². The molecule has 0 spiro atoms. The van der Waals surface area contributed by atoms with E-state index in [1.165, 1.54) is 0 Å². The molecular formula is C31H28BrN3O3. The van der Waals surface area contributed by atoms with Crippen LogP contribution >= 0.6 is 15.9 Å². The van der Waals surface area contributed by atoms with Gasteiger partial charge in [-0.3, -0.25) is 9.59 Å². The zero-order valence-corrected chi connectivity index (χ0v) is 22.6. The van der Waals surface area contributed by atoms with Gasteiger partial charge in [-0.2, -0.15) is 0 Å². The highest BCUT2D eigenvalue weighted by Gasteiger charge is 2.14. The van der Waals surface area contributed by atoms with Gasteiger partial charge < -0.3 is 20.3 Å². The fourth-order valence-electron chi connectivity index (χ4n) is 4.39. The molecule has 1 heterocycles. The van der Waals surface area contributed by atoms with Gasteiger partial charge in [0.05, 0.1) is 13.2 Å². The lowest BCUT2D eigenvalue weighted by Gasteiger charge is -2.28. The molecule has 5 rings (SSSR count). The van der Waals surface area contributed by atoms with Crippen LogP contribution in [-0.2, 0) is 4.74 Å². The Balaban J connectivity index is 1.27. The second-order valence-corrected chi connectivity index (χ2v) is 10.1. The molecule has 0 aromatic heterocycles. The Labute approximate surface area is 230 Å². The van der Waals surface area contributed by atoms with Crippen molar-refractivity contribution < 1.29 is 14.3 Å². The predicted octanol–water partition coefficient (Wildman–Crippen LogP) is 6.77. The van der Waals surface area contributed by atoms with E-state index in [9.17, 15) is 9.59 Å². The number of anilines is 3. The molecule has 0 bridgehead atoms. The van der Waals surface area contributed by atoms with E-state index in [1.807, 2.05) is 85.8 Å². The number of nitrogens with one attached hydrogen (secondary N) is 2. The minimum absolute atomic E-state index is 0.170. The SMILES string of the molecule is Cc1ccc(C(=O)Nc2ccc(N3CCOCC3)cc2)cc1-c1ccc(C(=O)Nc2ccc(Br)cc2)cc1. The number of morpholine rings is 1. The van der Waals surface area contributed by atoms with Crippen LogP contribution in [0.5, 0.6) is 0 Å². The topological polar surface area (TPSA) is 70.7 Å². The molecule has 4 aromatic rings. The van der Waals surface area contributed by atoms with Crippen LogP contribution in [0.1, 0.15) is 26.3 Å². The van der Waals surface area contributed by atoms with E-state index in [0.717, 1.165) is 64.5 Å². The first kappa shape index (κ1) is 25.7. The number of carbonyl (C=O) groups is 2. The van der Waals surface area contributed by atoms with Gasteiger partial charge in [0.15, 0.2) is 0 Å². The first-order valence-electron chi connectivity index (χ1n) is 12.5. The summed E-state index contributed by atoms with van der Waals surface area (Å²) in [7, 11) is 0. The van der Waals surface area contributed by atoms with Crippen LogP contribution < -0.4 is 15.5 Å². The number of benzene rings is 4. The van der Waals surface area contributed by atoms with Crippen LogP contribution in [0.15, 0.2) is 95.5 Å². The van der Waals surface area contributed by atoms with E-state index in [2.05, 4.69) is 31.5 Å². The van der Waals surface area contributed by atoms with Gasteiger partial charge in [0.1, 0.15) is 0 Å². The molecule has 1 aliphatic rings. The number of hydrogen-bond acceptors (Lipinski definition) is 4. The summed E-state index contributed by atoms with van der Waals surface area (Å²) < 4.78 is 6.37. The first-order chi connectivity index (χ1) is 18.5. The number of carbonyl (C=O) groups excluding carboxylic acids is 2. The maximum absolute atomic E-state index is 13.0. The van der Waals surface area contributed by atoms with Crippen LogP contribution in [0.25, 0.3) is 11.1 Å². The van der Waals surface area contributed by atoms with Gasteiger partial charge in [-0.25, -0.2) is 0 Å². The second-order valence-electron chi connectivity index (χ2n) is 9.17. The predicted molar refractivity (Wildman–Crippen MR) is 156 cm³/mol. The molecule has 2 N–H and O–H groups in total. The second kappa shape index (κ2) is 11.6. The van der Waals surface area contributed by atoms with Crippen LogP contribution in [-0.4, -0.2) is 38.1 Å². The molecule has 0 atom stereocenters. The van der Waals surface area contributed by atoms with E-state index in [-0.39, 0.29) is 11.8 Å². The largest absolute Gasteiger partial charge is 0.378 e. The van der Waals surface area contributed by atoms with E-state index in [1.54, 1.807) is 12.1 Å². The molecule has 0 aliphatic carbocycles. The van der Waals surface area contributed by atoms with E-state index < -0.39 is 0 Å². The van der Waals surface area contributed by atoms with Crippen molar-refractivity contribution in [1.29, 1.82) is 0 Å². The summed E-state index contributed by atoms with van der Waals surface area (Å²) in [6.45, 7) is 5.21. The van der Waals surface area contributed by atoms with Crippen molar-refractivity contribution in [3.8, 4) is 11.1 Å². The molecule has 0 saturated carbocycles. The van der Waals surface area contributed by atoms with Crippen molar-refractivity contribution in [2.45, 2.75) is 6.92 Å². The van der Waals surface area contributed by atoms with Gasteiger partial charge in [-0.05, 0) is 96.4 Å². The molecule has 192 valence electrons. The number of halogens is 1. The van der Waals surface area contributed by atoms with Crippen molar-refractivity contribution in [1.82, 2.24) is 0 Å². The van der Waals surface area contributed by atoms with E-state index >= 15 is 0 Å². The van der Waals surface area contributed by atoms with Gasteiger partial charge in [0.2, 0.25) is 0 Å².